The molecule has 3 heterocycles. The van der Waals surface area contributed by atoms with Crippen LogP contribution in [-0.4, -0.2) is 39.6 Å². The van der Waals surface area contributed by atoms with Gasteiger partial charge in [-0.2, -0.15) is 22.0 Å². The van der Waals surface area contributed by atoms with Crippen LogP contribution >= 0.6 is 11.3 Å². The highest BCUT2D eigenvalue weighted by atomic mass is 32.1. The van der Waals surface area contributed by atoms with Crippen LogP contribution in [0.5, 0.6) is 0 Å². The van der Waals surface area contributed by atoms with Crippen LogP contribution in [0.25, 0.3) is 10.3 Å². The highest BCUT2D eigenvalue weighted by molar-refractivity contribution is 7.21. The first-order chi connectivity index (χ1) is 15.1. The van der Waals surface area contributed by atoms with Crippen molar-refractivity contribution in [3.8, 4) is 0 Å². The van der Waals surface area contributed by atoms with Gasteiger partial charge < -0.3 is 15.2 Å². The summed E-state index contributed by atoms with van der Waals surface area (Å²) in [6, 6.07) is 8.62. The van der Waals surface area contributed by atoms with Crippen molar-refractivity contribution in [1.82, 2.24) is 20.3 Å². The molecule has 32 heavy (non-hydrogen) atoms. The van der Waals surface area contributed by atoms with Crippen molar-refractivity contribution in [3.63, 3.8) is 0 Å². The summed E-state index contributed by atoms with van der Waals surface area (Å²) in [4.78, 5) is 34.9. The minimum absolute atomic E-state index is 0.155. The lowest BCUT2D eigenvalue weighted by atomic mass is 10.2. The number of nitrogens with zero attached hydrogens (tertiary/aromatic N) is 3. The number of rotatable bonds is 5. The maximum atomic E-state index is 13.6. The number of benzene rings is 1. The number of H-pyrrole nitrogens is 1. The van der Waals surface area contributed by atoms with Gasteiger partial charge in [0, 0.05) is 13.1 Å². The van der Waals surface area contributed by atoms with Crippen molar-refractivity contribution in [1.29, 1.82) is 0 Å². The van der Waals surface area contributed by atoms with Crippen molar-refractivity contribution < 1.29 is 26.7 Å². The average Bonchev–Trinajstić information content (AvgIpc) is 3.39. The van der Waals surface area contributed by atoms with E-state index in [1.807, 2.05) is 30.3 Å². The first kappa shape index (κ1) is 22.1. The standard InChI is InChI=1S/C19H16F5N5O2S/c20-18(21,19(22,23)24)16-27-14(31)12-15(28-16)32-17(26-12)29-8-4-7-11(29)13(30)25-9-10-5-2-1-3-6-10/h1-3,5-6,11H,4,7-9H2,(H,25,30)(H,27,28,31)/t11-/m1/s1. The number of aromatic amines is 1. The molecular weight excluding hydrogens is 457 g/mol. The molecule has 2 aromatic heterocycles. The van der Waals surface area contributed by atoms with Gasteiger partial charge in [0.25, 0.3) is 5.56 Å². The molecule has 170 valence electrons. The molecule has 1 aliphatic rings. The molecule has 0 saturated carbocycles. The van der Waals surface area contributed by atoms with Gasteiger partial charge in [-0.3, -0.25) is 9.59 Å². The molecule has 2 N–H and O–H groups in total. The maximum Gasteiger partial charge on any atom is 0.461 e. The molecule has 0 radical (unpaired) electrons. The van der Waals surface area contributed by atoms with Gasteiger partial charge in [-0.05, 0) is 18.4 Å². The molecule has 1 amide bonds. The topological polar surface area (TPSA) is 91.0 Å². The zero-order valence-electron chi connectivity index (χ0n) is 16.2. The first-order valence-electron chi connectivity index (χ1n) is 9.52. The Bertz CT molecular complexity index is 1190. The van der Waals surface area contributed by atoms with E-state index in [1.165, 1.54) is 4.98 Å². The van der Waals surface area contributed by atoms with Crippen LogP contribution in [0.3, 0.4) is 0 Å². The van der Waals surface area contributed by atoms with Gasteiger partial charge >= 0.3 is 12.1 Å². The Hall–Kier alpha value is -3.09. The smallest absolute Gasteiger partial charge is 0.350 e. The number of halogens is 5. The number of anilines is 1. The number of nitrogens with one attached hydrogen (secondary N) is 2. The summed E-state index contributed by atoms with van der Waals surface area (Å²) in [5.74, 6) is -7.40. The van der Waals surface area contributed by atoms with Gasteiger partial charge in [0.15, 0.2) is 21.3 Å². The van der Waals surface area contributed by atoms with E-state index in [1.54, 1.807) is 4.90 Å². The number of fused-ring (bicyclic) bond motifs is 1. The van der Waals surface area contributed by atoms with Gasteiger partial charge in [0.1, 0.15) is 6.04 Å². The maximum absolute atomic E-state index is 13.6. The predicted molar refractivity (Wildman–Crippen MR) is 107 cm³/mol. The number of carbonyl (C=O) groups excluding carboxylic acids is 1. The predicted octanol–water partition coefficient (Wildman–Crippen LogP) is 3.32. The minimum Gasteiger partial charge on any atom is -0.350 e. The lowest BCUT2D eigenvalue weighted by Crippen LogP contribution is -2.43. The Morgan fingerprint density at radius 2 is 1.91 bits per heavy atom. The van der Waals surface area contributed by atoms with Crippen LogP contribution in [0.2, 0.25) is 0 Å². The fourth-order valence-electron chi connectivity index (χ4n) is 3.40. The Kier molecular flexibility index (Phi) is 5.61. The summed E-state index contributed by atoms with van der Waals surface area (Å²) in [6.45, 7) is 0.716. The number of carbonyl (C=O) groups is 1. The Morgan fingerprint density at radius 1 is 1.19 bits per heavy atom. The van der Waals surface area contributed by atoms with E-state index in [0.717, 1.165) is 5.56 Å². The van der Waals surface area contributed by atoms with Crippen molar-refractivity contribution in [3.05, 3.63) is 52.1 Å². The molecule has 0 aliphatic carbocycles. The van der Waals surface area contributed by atoms with Crippen LogP contribution in [-0.2, 0) is 17.3 Å². The zero-order chi connectivity index (χ0) is 23.1. The Labute approximate surface area is 181 Å². The zero-order valence-corrected chi connectivity index (χ0v) is 17.1. The Morgan fingerprint density at radius 3 is 2.59 bits per heavy atom. The monoisotopic (exact) mass is 473 g/mol. The van der Waals surface area contributed by atoms with E-state index in [9.17, 15) is 31.5 Å². The SMILES string of the molecule is O=C(NCc1ccccc1)[C@H]1CCCN1c1nc2c(=O)[nH]c(C(F)(F)C(F)(F)F)nc2s1. The van der Waals surface area contributed by atoms with Gasteiger partial charge in [-0.1, -0.05) is 41.7 Å². The second-order valence-corrected chi connectivity index (χ2v) is 8.15. The largest absolute Gasteiger partial charge is 0.461 e. The van der Waals surface area contributed by atoms with Crippen molar-refractivity contribution in [2.45, 2.75) is 37.5 Å². The average molecular weight is 473 g/mol. The second kappa shape index (κ2) is 8.11. The molecule has 1 fully saturated rings. The molecule has 1 saturated heterocycles. The van der Waals surface area contributed by atoms with E-state index < -0.39 is 29.5 Å². The van der Waals surface area contributed by atoms with E-state index in [-0.39, 0.29) is 21.4 Å². The number of hydrogen-bond donors (Lipinski definition) is 2. The number of thiazole rings is 1. The molecule has 1 aliphatic heterocycles. The van der Waals surface area contributed by atoms with Crippen LogP contribution in [0, 0.1) is 0 Å². The van der Waals surface area contributed by atoms with Crippen molar-refractivity contribution in [2.24, 2.45) is 0 Å². The van der Waals surface area contributed by atoms with Gasteiger partial charge in [-0.15, -0.1) is 0 Å². The lowest BCUT2D eigenvalue weighted by molar-refractivity contribution is -0.292. The molecule has 1 aromatic carbocycles. The molecule has 0 bridgehead atoms. The second-order valence-electron chi connectivity index (χ2n) is 7.19. The summed E-state index contributed by atoms with van der Waals surface area (Å²) < 4.78 is 65.2. The molecular formula is C19H16F5N5O2S. The van der Waals surface area contributed by atoms with E-state index in [2.05, 4.69) is 15.3 Å². The van der Waals surface area contributed by atoms with Crippen molar-refractivity contribution in [2.75, 3.05) is 11.4 Å². The number of aromatic nitrogens is 3. The Balaban J connectivity index is 1.59. The normalized spacial score (nSPS) is 17.2. The summed E-state index contributed by atoms with van der Waals surface area (Å²) in [6.07, 6.45) is -4.78. The third kappa shape index (κ3) is 4.04. The van der Waals surface area contributed by atoms with Crippen LogP contribution in [0.4, 0.5) is 27.1 Å². The molecule has 4 rings (SSSR count). The van der Waals surface area contributed by atoms with Gasteiger partial charge in [-0.25, -0.2) is 9.97 Å². The van der Waals surface area contributed by atoms with Gasteiger partial charge in [0.05, 0.1) is 0 Å². The summed E-state index contributed by atoms with van der Waals surface area (Å²) in [5.41, 5.74) is -0.665. The van der Waals surface area contributed by atoms with E-state index >= 15 is 0 Å². The number of amides is 1. The minimum atomic E-state index is -5.92. The third-order valence-electron chi connectivity index (χ3n) is 5.02. The molecule has 3 aromatic rings. The number of alkyl halides is 5. The summed E-state index contributed by atoms with van der Waals surface area (Å²) in [5, 5.41) is 2.98. The fourth-order valence-corrected chi connectivity index (χ4v) is 4.42. The number of hydrogen-bond acceptors (Lipinski definition) is 6. The molecule has 13 heteroatoms. The molecule has 0 unspecified atom stereocenters. The highest BCUT2D eigenvalue weighted by Gasteiger charge is 2.61. The van der Waals surface area contributed by atoms with Crippen LogP contribution in [0.1, 0.15) is 24.2 Å². The first-order valence-corrected chi connectivity index (χ1v) is 10.3. The third-order valence-corrected chi connectivity index (χ3v) is 6.01. The molecule has 1 atom stereocenters. The summed E-state index contributed by atoms with van der Waals surface area (Å²) in [7, 11) is 0. The fraction of sp³-hybridized carbons (Fsp3) is 0.368. The lowest BCUT2D eigenvalue weighted by Gasteiger charge is -2.23. The van der Waals surface area contributed by atoms with Crippen molar-refractivity contribution >= 4 is 32.7 Å². The molecule has 7 nitrogen and oxygen atoms in total. The molecule has 0 spiro atoms. The van der Waals surface area contributed by atoms with Crippen LogP contribution < -0.4 is 15.8 Å². The highest BCUT2D eigenvalue weighted by Crippen LogP contribution is 2.42. The van der Waals surface area contributed by atoms with Gasteiger partial charge in [0.2, 0.25) is 5.91 Å². The quantitative estimate of drug-likeness (QED) is 0.555. The summed E-state index contributed by atoms with van der Waals surface area (Å²) >= 11 is 0.688. The van der Waals surface area contributed by atoms with Crippen LogP contribution in [0.15, 0.2) is 35.1 Å². The van der Waals surface area contributed by atoms with E-state index in [4.69, 9.17) is 0 Å². The van der Waals surface area contributed by atoms with E-state index in [0.29, 0.717) is 37.3 Å².